The predicted molar refractivity (Wildman–Crippen MR) is 89.9 cm³/mol. The summed E-state index contributed by atoms with van der Waals surface area (Å²) in [7, 11) is 3.17. The number of rotatable bonds is 5. The molecule has 0 aliphatic rings. The summed E-state index contributed by atoms with van der Waals surface area (Å²) in [5, 5.41) is 2.88. The zero-order valence-electron chi connectivity index (χ0n) is 11.9. The van der Waals surface area contributed by atoms with Gasteiger partial charge in [0, 0.05) is 21.2 Å². The van der Waals surface area contributed by atoms with E-state index in [0.29, 0.717) is 23.6 Å². The van der Waals surface area contributed by atoms with Crippen LogP contribution >= 0.6 is 22.6 Å². The third-order valence-corrected chi connectivity index (χ3v) is 3.75. The SMILES string of the molecule is COc1cccc(CNC(=O)c2ccc(I)cc2)c1OC. The van der Waals surface area contributed by atoms with Crippen molar-refractivity contribution >= 4 is 28.5 Å². The smallest absolute Gasteiger partial charge is 0.251 e. The fourth-order valence-corrected chi connectivity index (χ4v) is 2.33. The molecular weight excluding hydrogens is 381 g/mol. The van der Waals surface area contributed by atoms with Gasteiger partial charge in [-0.2, -0.15) is 0 Å². The maximum Gasteiger partial charge on any atom is 0.251 e. The minimum absolute atomic E-state index is 0.115. The lowest BCUT2D eigenvalue weighted by Crippen LogP contribution is -2.23. The summed E-state index contributed by atoms with van der Waals surface area (Å²) in [6, 6.07) is 13.0. The quantitative estimate of drug-likeness (QED) is 0.789. The molecule has 2 aromatic rings. The van der Waals surface area contributed by atoms with Gasteiger partial charge >= 0.3 is 0 Å². The number of hydrogen-bond acceptors (Lipinski definition) is 3. The van der Waals surface area contributed by atoms with Gasteiger partial charge in [0.2, 0.25) is 0 Å². The molecule has 0 spiro atoms. The highest BCUT2D eigenvalue weighted by molar-refractivity contribution is 14.1. The van der Waals surface area contributed by atoms with Crippen molar-refractivity contribution in [3.05, 3.63) is 57.2 Å². The fraction of sp³-hybridized carbons (Fsp3) is 0.188. The van der Waals surface area contributed by atoms with E-state index in [1.54, 1.807) is 26.4 Å². The van der Waals surface area contributed by atoms with E-state index in [9.17, 15) is 4.79 Å². The van der Waals surface area contributed by atoms with Crippen LogP contribution in [0.15, 0.2) is 42.5 Å². The monoisotopic (exact) mass is 397 g/mol. The molecule has 0 fully saturated rings. The first-order valence-corrected chi connectivity index (χ1v) is 7.47. The summed E-state index contributed by atoms with van der Waals surface area (Å²) in [4.78, 5) is 12.1. The van der Waals surface area contributed by atoms with Crippen LogP contribution < -0.4 is 14.8 Å². The highest BCUT2D eigenvalue weighted by Gasteiger charge is 2.11. The number of nitrogens with one attached hydrogen (secondary N) is 1. The van der Waals surface area contributed by atoms with Gasteiger partial charge in [0.1, 0.15) is 0 Å². The molecule has 0 heterocycles. The Labute approximate surface area is 137 Å². The molecule has 1 N–H and O–H groups in total. The average molecular weight is 397 g/mol. The predicted octanol–water partition coefficient (Wildman–Crippen LogP) is 3.24. The highest BCUT2D eigenvalue weighted by Crippen LogP contribution is 2.30. The van der Waals surface area contributed by atoms with E-state index in [-0.39, 0.29) is 5.91 Å². The van der Waals surface area contributed by atoms with Gasteiger partial charge < -0.3 is 14.8 Å². The minimum atomic E-state index is -0.115. The number of carbonyl (C=O) groups excluding carboxylic acids is 1. The number of amides is 1. The van der Waals surface area contributed by atoms with E-state index >= 15 is 0 Å². The van der Waals surface area contributed by atoms with Crippen LogP contribution in [0.2, 0.25) is 0 Å². The molecule has 0 unspecified atom stereocenters. The Morgan fingerprint density at radius 3 is 2.43 bits per heavy atom. The van der Waals surface area contributed by atoms with Crippen LogP contribution in [0.25, 0.3) is 0 Å². The lowest BCUT2D eigenvalue weighted by Gasteiger charge is -2.13. The molecule has 21 heavy (non-hydrogen) atoms. The van der Waals surface area contributed by atoms with Gasteiger partial charge in [-0.3, -0.25) is 4.79 Å². The second-order valence-corrected chi connectivity index (χ2v) is 5.59. The van der Waals surface area contributed by atoms with E-state index in [1.165, 1.54) is 0 Å². The number of halogens is 1. The number of ether oxygens (including phenoxy) is 2. The normalized spacial score (nSPS) is 10.0. The molecule has 0 aromatic heterocycles. The van der Waals surface area contributed by atoms with Gasteiger partial charge in [-0.15, -0.1) is 0 Å². The fourth-order valence-electron chi connectivity index (χ4n) is 1.97. The third-order valence-electron chi connectivity index (χ3n) is 3.03. The number of para-hydroxylation sites is 1. The van der Waals surface area contributed by atoms with Crippen LogP contribution in [0.3, 0.4) is 0 Å². The highest BCUT2D eigenvalue weighted by atomic mass is 127. The van der Waals surface area contributed by atoms with Crippen molar-refractivity contribution in [1.29, 1.82) is 0 Å². The molecule has 2 aromatic carbocycles. The van der Waals surface area contributed by atoms with Crippen molar-refractivity contribution in [3.8, 4) is 11.5 Å². The van der Waals surface area contributed by atoms with Crippen LogP contribution in [0, 0.1) is 3.57 Å². The van der Waals surface area contributed by atoms with Crippen LogP contribution in [0.5, 0.6) is 11.5 Å². The maximum atomic E-state index is 12.1. The molecule has 4 nitrogen and oxygen atoms in total. The molecule has 0 aliphatic carbocycles. The zero-order chi connectivity index (χ0) is 15.2. The van der Waals surface area contributed by atoms with Crippen molar-refractivity contribution in [2.24, 2.45) is 0 Å². The Morgan fingerprint density at radius 1 is 1.10 bits per heavy atom. The average Bonchev–Trinajstić information content (AvgIpc) is 2.52. The summed E-state index contributed by atoms with van der Waals surface area (Å²) >= 11 is 2.21. The summed E-state index contributed by atoms with van der Waals surface area (Å²) in [5.41, 5.74) is 1.51. The van der Waals surface area contributed by atoms with E-state index in [4.69, 9.17) is 9.47 Å². The summed E-state index contributed by atoms with van der Waals surface area (Å²) in [6.07, 6.45) is 0. The van der Waals surface area contributed by atoms with Gasteiger partial charge in [0.15, 0.2) is 11.5 Å². The number of benzene rings is 2. The maximum absolute atomic E-state index is 12.1. The Morgan fingerprint density at radius 2 is 1.81 bits per heavy atom. The van der Waals surface area contributed by atoms with Crippen molar-refractivity contribution < 1.29 is 14.3 Å². The molecule has 2 rings (SSSR count). The molecule has 0 atom stereocenters. The van der Waals surface area contributed by atoms with Crippen LogP contribution in [-0.2, 0) is 6.54 Å². The summed E-state index contributed by atoms with van der Waals surface area (Å²) < 4.78 is 11.7. The lowest BCUT2D eigenvalue weighted by atomic mass is 10.1. The lowest BCUT2D eigenvalue weighted by molar-refractivity contribution is 0.0950. The van der Waals surface area contributed by atoms with Crippen LogP contribution in [0.4, 0.5) is 0 Å². The first-order chi connectivity index (χ1) is 10.2. The molecule has 0 saturated heterocycles. The topological polar surface area (TPSA) is 47.6 Å². The van der Waals surface area contributed by atoms with E-state index in [2.05, 4.69) is 27.9 Å². The Bertz CT molecular complexity index is 626. The molecule has 0 bridgehead atoms. The first-order valence-electron chi connectivity index (χ1n) is 6.39. The second-order valence-electron chi connectivity index (χ2n) is 4.34. The molecule has 110 valence electrons. The summed E-state index contributed by atoms with van der Waals surface area (Å²) in [5.74, 6) is 1.18. The van der Waals surface area contributed by atoms with Crippen molar-refractivity contribution in [3.63, 3.8) is 0 Å². The first kappa shape index (κ1) is 15.6. The second kappa shape index (κ2) is 7.31. The van der Waals surface area contributed by atoms with Gasteiger partial charge in [-0.25, -0.2) is 0 Å². The number of hydrogen-bond donors (Lipinski definition) is 1. The van der Waals surface area contributed by atoms with Gasteiger partial charge in [-0.05, 0) is 52.9 Å². The Kier molecular flexibility index (Phi) is 5.44. The van der Waals surface area contributed by atoms with Crippen molar-refractivity contribution in [2.45, 2.75) is 6.54 Å². The molecule has 1 amide bonds. The molecule has 0 saturated carbocycles. The van der Waals surface area contributed by atoms with Crippen molar-refractivity contribution in [2.75, 3.05) is 14.2 Å². The standard InChI is InChI=1S/C16H16INO3/c1-20-14-5-3-4-12(15(14)21-2)10-18-16(19)11-6-8-13(17)9-7-11/h3-9H,10H2,1-2H3,(H,18,19). The Hall–Kier alpha value is -1.76. The van der Waals surface area contributed by atoms with E-state index in [0.717, 1.165) is 9.13 Å². The molecule has 0 radical (unpaired) electrons. The minimum Gasteiger partial charge on any atom is -0.493 e. The van der Waals surface area contributed by atoms with E-state index < -0.39 is 0 Å². The van der Waals surface area contributed by atoms with Crippen LogP contribution in [0.1, 0.15) is 15.9 Å². The summed E-state index contributed by atoms with van der Waals surface area (Å²) in [6.45, 7) is 0.380. The largest absolute Gasteiger partial charge is 0.493 e. The molecule has 5 heteroatoms. The number of carbonyl (C=O) groups is 1. The Balaban J connectivity index is 2.09. The third kappa shape index (κ3) is 3.87. The molecular formula is C16H16INO3. The van der Waals surface area contributed by atoms with Gasteiger partial charge in [0.25, 0.3) is 5.91 Å². The van der Waals surface area contributed by atoms with Gasteiger partial charge in [-0.1, -0.05) is 12.1 Å². The number of methoxy groups -OCH3 is 2. The van der Waals surface area contributed by atoms with Crippen LogP contribution in [-0.4, -0.2) is 20.1 Å². The molecule has 0 aliphatic heterocycles. The zero-order valence-corrected chi connectivity index (χ0v) is 14.0. The van der Waals surface area contributed by atoms with Crippen molar-refractivity contribution in [1.82, 2.24) is 5.32 Å². The van der Waals surface area contributed by atoms with Gasteiger partial charge in [0.05, 0.1) is 14.2 Å². The van der Waals surface area contributed by atoms with E-state index in [1.807, 2.05) is 30.3 Å².